The summed E-state index contributed by atoms with van der Waals surface area (Å²) < 4.78 is 13.6. The Morgan fingerprint density at radius 1 is 1.07 bits per heavy atom. The third-order valence-electron chi connectivity index (χ3n) is 3.47. The molecular formula is C19H13BrFN3O2S. The van der Waals surface area contributed by atoms with E-state index in [1.165, 1.54) is 41.8 Å². The molecule has 0 aliphatic carbocycles. The van der Waals surface area contributed by atoms with Crippen molar-refractivity contribution in [3.63, 3.8) is 0 Å². The van der Waals surface area contributed by atoms with Gasteiger partial charge in [-0.15, -0.1) is 11.3 Å². The Hall–Kier alpha value is -2.84. The first kappa shape index (κ1) is 18.9. The second-order valence-electron chi connectivity index (χ2n) is 5.37. The Labute approximate surface area is 167 Å². The van der Waals surface area contributed by atoms with Crippen LogP contribution in [-0.4, -0.2) is 18.0 Å². The summed E-state index contributed by atoms with van der Waals surface area (Å²) in [4.78, 5) is 25.3. The summed E-state index contributed by atoms with van der Waals surface area (Å²) in [5, 5.41) is 8.41. The zero-order valence-corrected chi connectivity index (χ0v) is 16.2. The molecule has 136 valence electrons. The lowest BCUT2D eigenvalue weighted by Gasteiger charge is -2.10. The molecule has 0 aliphatic heterocycles. The summed E-state index contributed by atoms with van der Waals surface area (Å²) in [6.45, 7) is 0. The second kappa shape index (κ2) is 8.70. The van der Waals surface area contributed by atoms with Crippen LogP contribution in [0.25, 0.3) is 0 Å². The Bertz CT molecular complexity index is 989. The highest BCUT2D eigenvalue weighted by molar-refractivity contribution is 9.10. The van der Waals surface area contributed by atoms with Gasteiger partial charge in [-0.25, -0.2) is 9.82 Å². The summed E-state index contributed by atoms with van der Waals surface area (Å²) in [5.74, 6) is -1.14. The number of carbonyl (C=O) groups is 2. The molecule has 5 nitrogen and oxygen atoms in total. The van der Waals surface area contributed by atoms with Crippen LogP contribution >= 0.6 is 27.3 Å². The van der Waals surface area contributed by atoms with Crippen LogP contribution in [0.15, 0.2) is 69.6 Å². The predicted molar refractivity (Wildman–Crippen MR) is 108 cm³/mol. The molecule has 3 rings (SSSR count). The third kappa shape index (κ3) is 5.08. The fourth-order valence-electron chi connectivity index (χ4n) is 2.18. The number of hydrazone groups is 1. The third-order valence-corrected chi connectivity index (χ3v) is 4.83. The molecule has 2 amide bonds. The Balaban J connectivity index is 1.74. The summed E-state index contributed by atoms with van der Waals surface area (Å²) in [6, 6.07) is 14.1. The molecule has 2 aromatic carbocycles. The van der Waals surface area contributed by atoms with Crippen LogP contribution in [0.3, 0.4) is 0 Å². The molecule has 0 radical (unpaired) electrons. The Morgan fingerprint density at radius 2 is 1.85 bits per heavy atom. The Morgan fingerprint density at radius 3 is 2.56 bits per heavy atom. The number of rotatable bonds is 5. The van der Waals surface area contributed by atoms with Gasteiger partial charge in [0.25, 0.3) is 11.8 Å². The predicted octanol–water partition coefficient (Wildman–Crippen LogP) is 4.67. The SMILES string of the molecule is O=C(Nc1ccc(Br)cc1C(=O)NN=Cc1ccc(F)cc1)c1cccs1. The Kier molecular flexibility index (Phi) is 6.10. The van der Waals surface area contributed by atoms with Crippen molar-refractivity contribution >= 4 is 51.0 Å². The molecule has 2 N–H and O–H groups in total. The molecule has 0 saturated carbocycles. The number of nitrogens with zero attached hydrogens (tertiary/aromatic N) is 1. The van der Waals surface area contributed by atoms with Crippen molar-refractivity contribution in [2.45, 2.75) is 0 Å². The number of halogens is 2. The molecule has 0 unspecified atom stereocenters. The van der Waals surface area contributed by atoms with Gasteiger partial charge in [0.1, 0.15) is 5.82 Å². The van der Waals surface area contributed by atoms with Crippen molar-refractivity contribution in [2.24, 2.45) is 5.10 Å². The van der Waals surface area contributed by atoms with Gasteiger partial charge in [-0.1, -0.05) is 34.1 Å². The van der Waals surface area contributed by atoms with Crippen molar-refractivity contribution < 1.29 is 14.0 Å². The van der Waals surface area contributed by atoms with E-state index in [0.29, 0.717) is 20.6 Å². The monoisotopic (exact) mass is 445 g/mol. The number of amides is 2. The first-order valence-corrected chi connectivity index (χ1v) is 9.43. The van der Waals surface area contributed by atoms with Gasteiger partial charge in [0.15, 0.2) is 0 Å². The zero-order chi connectivity index (χ0) is 19.2. The van der Waals surface area contributed by atoms with Gasteiger partial charge in [0.2, 0.25) is 0 Å². The molecule has 27 heavy (non-hydrogen) atoms. The fourth-order valence-corrected chi connectivity index (χ4v) is 3.16. The lowest BCUT2D eigenvalue weighted by molar-refractivity contribution is 0.0956. The van der Waals surface area contributed by atoms with Gasteiger partial charge >= 0.3 is 0 Å². The molecule has 0 spiro atoms. The minimum atomic E-state index is -0.490. The average molecular weight is 446 g/mol. The van der Waals surface area contributed by atoms with Gasteiger partial charge in [-0.05, 0) is 47.3 Å². The molecule has 1 aromatic heterocycles. The molecule has 0 atom stereocenters. The lowest BCUT2D eigenvalue weighted by Crippen LogP contribution is -2.21. The molecule has 8 heteroatoms. The fraction of sp³-hybridized carbons (Fsp3) is 0. The van der Waals surface area contributed by atoms with Crippen LogP contribution in [-0.2, 0) is 0 Å². The number of hydrogen-bond donors (Lipinski definition) is 2. The highest BCUT2D eigenvalue weighted by atomic mass is 79.9. The number of carbonyl (C=O) groups excluding carboxylic acids is 2. The van der Waals surface area contributed by atoms with E-state index in [0.717, 1.165) is 0 Å². The lowest BCUT2D eigenvalue weighted by atomic mass is 10.1. The molecule has 0 aliphatic rings. The standard InChI is InChI=1S/C19H13BrFN3O2S/c20-13-5-8-16(23-19(26)17-2-1-9-27-17)15(10-13)18(25)24-22-11-12-3-6-14(21)7-4-12/h1-11H,(H,23,26)(H,24,25). The van der Waals surface area contributed by atoms with Gasteiger partial charge in [-0.3, -0.25) is 9.59 Å². The summed E-state index contributed by atoms with van der Waals surface area (Å²) in [6.07, 6.45) is 1.40. The van der Waals surface area contributed by atoms with Gasteiger partial charge in [0, 0.05) is 4.47 Å². The van der Waals surface area contributed by atoms with Crippen LogP contribution in [0.2, 0.25) is 0 Å². The van der Waals surface area contributed by atoms with Crippen molar-refractivity contribution in [1.82, 2.24) is 5.43 Å². The van der Waals surface area contributed by atoms with Gasteiger partial charge in [0.05, 0.1) is 22.3 Å². The minimum absolute atomic E-state index is 0.255. The second-order valence-corrected chi connectivity index (χ2v) is 7.24. The smallest absolute Gasteiger partial charge is 0.273 e. The number of nitrogens with one attached hydrogen (secondary N) is 2. The zero-order valence-electron chi connectivity index (χ0n) is 13.8. The van der Waals surface area contributed by atoms with E-state index < -0.39 is 5.91 Å². The number of benzene rings is 2. The van der Waals surface area contributed by atoms with Crippen LogP contribution in [0.5, 0.6) is 0 Å². The van der Waals surface area contributed by atoms with Crippen LogP contribution in [0.1, 0.15) is 25.6 Å². The maximum atomic E-state index is 12.9. The van der Waals surface area contributed by atoms with Crippen LogP contribution < -0.4 is 10.7 Å². The normalized spacial score (nSPS) is 10.7. The quantitative estimate of drug-likeness (QED) is 0.442. The largest absolute Gasteiger partial charge is 0.321 e. The summed E-state index contributed by atoms with van der Waals surface area (Å²) in [5.41, 5.74) is 3.66. The average Bonchev–Trinajstić information content (AvgIpc) is 3.19. The topological polar surface area (TPSA) is 70.6 Å². The summed E-state index contributed by atoms with van der Waals surface area (Å²) >= 11 is 4.62. The highest BCUT2D eigenvalue weighted by Crippen LogP contribution is 2.22. The van der Waals surface area contributed by atoms with E-state index in [1.807, 2.05) is 0 Å². The minimum Gasteiger partial charge on any atom is -0.321 e. The summed E-state index contributed by atoms with van der Waals surface area (Å²) in [7, 11) is 0. The van der Waals surface area contributed by atoms with Crippen molar-refractivity contribution in [1.29, 1.82) is 0 Å². The van der Waals surface area contributed by atoms with Gasteiger partial charge in [-0.2, -0.15) is 5.10 Å². The first-order chi connectivity index (χ1) is 13.0. The maximum Gasteiger partial charge on any atom is 0.273 e. The maximum absolute atomic E-state index is 12.9. The van der Waals surface area contributed by atoms with E-state index in [-0.39, 0.29) is 17.3 Å². The molecule has 0 bridgehead atoms. The van der Waals surface area contributed by atoms with E-state index >= 15 is 0 Å². The van der Waals surface area contributed by atoms with Crippen molar-refractivity contribution in [2.75, 3.05) is 5.32 Å². The molecule has 1 heterocycles. The van der Waals surface area contributed by atoms with E-state index in [1.54, 1.807) is 35.7 Å². The van der Waals surface area contributed by atoms with E-state index in [2.05, 4.69) is 31.8 Å². The van der Waals surface area contributed by atoms with Crippen molar-refractivity contribution in [3.8, 4) is 0 Å². The number of hydrogen-bond acceptors (Lipinski definition) is 4. The first-order valence-electron chi connectivity index (χ1n) is 7.76. The van der Waals surface area contributed by atoms with E-state index in [4.69, 9.17) is 0 Å². The number of anilines is 1. The van der Waals surface area contributed by atoms with Crippen LogP contribution in [0, 0.1) is 5.82 Å². The van der Waals surface area contributed by atoms with E-state index in [9.17, 15) is 14.0 Å². The molecular weight excluding hydrogens is 433 g/mol. The van der Waals surface area contributed by atoms with Crippen molar-refractivity contribution in [3.05, 3.63) is 86.3 Å². The van der Waals surface area contributed by atoms with Crippen LogP contribution in [0.4, 0.5) is 10.1 Å². The molecule has 0 saturated heterocycles. The number of thiophene rings is 1. The highest BCUT2D eigenvalue weighted by Gasteiger charge is 2.15. The van der Waals surface area contributed by atoms with Gasteiger partial charge < -0.3 is 5.32 Å². The molecule has 3 aromatic rings. The molecule has 0 fully saturated rings.